The van der Waals surface area contributed by atoms with Crippen LogP contribution in [0.25, 0.3) is 94.2 Å². The van der Waals surface area contributed by atoms with Gasteiger partial charge in [-0.25, -0.2) is 4.98 Å². The monoisotopic (exact) mass is 674 g/mol. The van der Waals surface area contributed by atoms with Crippen molar-refractivity contribution in [2.75, 3.05) is 0 Å². The number of benzene rings is 9. The summed E-state index contributed by atoms with van der Waals surface area (Å²) < 4.78 is 2.26. The lowest BCUT2D eigenvalue weighted by Crippen LogP contribution is -1.97. The Kier molecular flexibility index (Phi) is 7.51. The summed E-state index contributed by atoms with van der Waals surface area (Å²) in [5.41, 5.74) is 14.0. The van der Waals surface area contributed by atoms with Crippen LogP contribution >= 0.6 is 0 Å². The first kappa shape index (κ1) is 30.8. The van der Waals surface area contributed by atoms with Crippen molar-refractivity contribution in [1.82, 2.24) is 9.55 Å². The molecule has 0 bridgehead atoms. The Hall–Kier alpha value is -7.03. The second-order valence-corrected chi connectivity index (χ2v) is 13.5. The van der Waals surface area contributed by atoms with Crippen LogP contribution in [-0.4, -0.2) is 9.55 Å². The SMILES string of the molecule is c1ccc(-c2ccc(-c3c4ccccc4c(-c4ccccc4)c4cc(-c5ccc(-c6nc7ccccc7n6-c6ccccc6)cc5)ccc34)cc2)cc1. The lowest BCUT2D eigenvalue weighted by atomic mass is 9.84. The summed E-state index contributed by atoms with van der Waals surface area (Å²) in [6.45, 7) is 0. The highest BCUT2D eigenvalue weighted by molar-refractivity contribution is 6.22. The number of hydrogen-bond acceptors (Lipinski definition) is 1. The van der Waals surface area contributed by atoms with Gasteiger partial charge in [-0.05, 0) is 96.4 Å². The molecule has 1 heterocycles. The third kappa shape index (κ3) is 5.40. The zero-order valence-electron chi connectivity index (χ0n) is 29.0. The standard InChI is InChI=1S/C51H34N2/c1-4-14-35(15-5-1)36-24-28-39(29-25-36)49-43-20-10-11-21-44(43)50(38-16-6-2-7-17-38)46-34-41(32-33-45(46)49)37-26-30-40(31-27-37)51-52-47-22-12-13-23-48(47)53(51)42-18-8-3-9-19-42/h1-34H. The summed E-state index contributed by atoms with van der Waals surface area (Å²) in [6, 6.07) is 74.1. The maximum atomic E-state index is 5.10. The molecule has 10 aromatic rings. The molecule has 1 aromatic heterocycles. The number of rotatable bonds is 6. The van der Waals surface area contributed by atoms with Crippen LogP contribution < -0.4 is 0 Å². The zero-order valence-corrected chi connectivity index (χ0v) is 29.0. The predicted molar refractivity (Wildman–Crippen MR) is 223 cm³/mol. The fourth-order valence-electron chi connectivity index (χ4n) is 7.91. The van der Waals surface area contributed by atoms with Gasteiger partial charge in [0.15, 0.2) is 0 Å². The first-order valence-corrected chi connectivity index (χ1v) is 18.1. The number of para-hydroxylation sites is 3. The minimum absolute atomic E-state index is 0.934. The Morgan fingerprint density at radius 2 is 0.736 bits per heavy atom. The molecule has 0 saturated heterocycles. The molecule has 0 aliphatic rings. The Morgan fingerprint density at radius 1 is 0.302 bits per heavy atom. The molecule has 2 heteroatoms. The van der Waals surface area contributed by atoms with E-state index in [0.29, 0.717) is 0 Å². The van der Waals surface area contributed by atoms with Gasteiger partial charge in [0.2, 0.25) is 0 Å². The number of hydrogen-bond donors (Lipinski definition) is 0. The third-order valence-electron chi connectivity index (χ3n) is 10.4. The van der Waals surface area contributed by atoms with Crippen LogP contribution in [0, 0.1) is 0 Å². The number of imidazole rings is 1. The Morgan fingerprint density at radius 3 is 1.42 bits per heavy atom. The normalized spacial score (nSPS) is 11.4. The van der Waals surface area contributed by atoms with E-state index < -0.39 is 0 Å². The summed E-state index contributed by atoms with van der Waals surface area (Å²) in [7, 11) is 0. The fourth-order valence-corrected chi connectivity index (χ4v) is 7.91. The maximum Gasteiger partial charge on any atom is 0.145 e. The van der Waals surface area contributed by atoms with E-state index in [-0.39, 0.29) is 0 Å². The first-order chi connectivity index (χ1) is 26.3. The molecule has 9 aromatic carbocycles. The molecular formula is C51H34N2. The van der Waals surface area contributed by atoms with Gasteiger partial charge in [0.25, 0.3) is 0 Å². The molecule has 0 amide bonds. The van der Waals surface area contributed by atoms with Crippen molar-refractivity contribution in [2.24, 2.45) is 0 Å². The van der Waals surface area contributed by atoms with Gasteiger partial charge in [-0.1, -0.05) is 176 Å². The average Bonchev–Trinajstić information content (AvgIpc) is 3.63. The van der Waals surface area contributed by atoms with E-state index in [4.69, 9.17) is 4.98 Å². The molecule has 0 fully saturated rings. The Labute approximate surface area is 308 Å². The van der Waals surface area contributed by atoms with E-state index >= 15 is 0 Å². The van der Waals surface area contributed by atoms with Crippen LogP contribution in [0.2, 0.25) is 0 Å². The molecule has 0 unspecified atom stereocenters. The molecule has 0 aliphatic carbocycles. The quantitative estimate of drug-likeness (QED) is 0.161. The van der Waals surface area contributed by atoms with Crippen LogP contribution in [0.15, 0.2) is 206 Å². The average molecular weight is 675 g/mol. The molecule has 0 radical (unpaired) electrons. The molecule has 248 valence electrons. The van der Waals surface area contributed by atoms with Crippen LogP contribution in [0.5, 0.6) is 0 Å². The smallest absolute Gasteiger partial charge is 0.145 e. The van der Waals surface area contributed by atoms with Gasteiger partial charge in [-0.2, -0.15) is 0 Å². The van der Waals surface area contributed by atoms with E-state index in [0.717, 1.165) is 28.1 Å². The first-order valence-electron chi connectivity index (χ1n) is 18.1. The van der Waals surface area contributed by atoms with Crippen molar-refractivity contribution in [2.45, 2.75) is 0 Å². The van der Waals surface area contributed by atoms with E-state index in [9.17, 15) is 0 Å². The molecule has 0 aliphatic heterocycles. The summed E-state index contributed by atoms with van der Waals surface area (Å²) in [6.07, 6.45) is 0. The third-order valence-corrected chi connectivity index (χ3v) is 10.4. The summed E-state index contributed by atoms with van der Waals surface area (Å²) in [5.74, 6) is 0.934. The fraction of sp³-hybridized carbons (Fsp3) is 0. The van der Waals surface area contributed by atoms with Crippen molar-refractivity contribution in [3.8, 4) is 61.6 Å². The van der Waals surface area contributed by atoms with Gasteiger partial charge in [0.1, 0.15) is 5.82 Å². The zero-order chi connectivity index (χ0) is 35.1. The Bertz CT molecular complexity index is 2890. The highest BCUT2D eigenvalue weighted by Crippen LogP contribution is 2.45. The van der Waals surface area contributed by atoms with Gasteiger partial charge >= 0.3 is 0 Å². The molecule has 2 nitrogen and oxygen atoms in total. The molecule has 0 spiro atoms. The molecule has 0 atom stereocenters. The van der Waals surface area contributed by atoms with Crippen LogP contribution in [-0.2, 0) is 0 Å². The van der Waals surface area contributed by atoms with Crippen molar-refractivity contribution >= 4 is 32.6 Å². The van der Waals surface area contributed by atoms with Gasteiger partial charge in [0.05, 0.1) is 11.0 Å². The summed E-state index contributed by atoms with van der Waals surface area (Å²) >= 11 is 0. The minimum atomic E-state index is 0.934. The van der Waals surface area contributed by atoms with Gasteiger partial charge in [0, 0.05) is 11.3 Å². The number of aromatic nitrogens is 2. The lowest BCUT2D eigenvalue weighted by Gasteiger charge is -2.19. The molecule has 53 heavy (non-hydrogen) atoms. The molecular weight excluding hydrogens is 641 g/mol. The van der Waals surface area contributed by atoms with Crippen LogP contribution in [0.1, 0.15) is 0 Å². The topological polar surface area (TPSA) is 17.8 Å². The van der Waals surface area contributed by atoms with E-state index in [1.165, 1.54) is 66.1 Å². The minimum Gasteiger partial charge on any atom is -0.292 e. The maximum absolute atomic E-state index is 5.10. The van der Waals surface area contributed by atoms with Crippen molar-refractivity contribution in [3.63, 3.8) is 0 Å². The number of nitrogens with zero attached hydrogens (tertiary/aromatic N) is 2. The Balaban J connectivity index is 1.14. The highest BCUT2D eigenvalue weighted by Gasteiger charge is 2.18. The van der Waals surface area contributed by atoms with Crippen molar-refractivity contribution < 1.29 is 0 Å². The largest absolute Gasteiger partial charge is 0.292 e. The second-order valence-electron chi connectivity index (χ2n) is 13.5. The van der Waals surface area contributed by atoms with Crippen molar-refractivity contribution in [3.05, 3.63) is 206 Å². The van der Waals surface area contributed by atoms with Crippen LogP contribution in [0.4, 0.5) is 0 Å². The van der Waals surface area contributed by atoms with E-state index in [2.05, 4.69) is 211 Å². The highest BCUT2D eigenvalue weighted by atomic mass is 15.1. The summed E-state index contributed by atoms with van der Waals surface area (Å²) in [5, 5.41) is 4.99. The van der Waals surface area contributed by atoms with Crippen LogP contribution in [0.3, 0.4) is 0 Å². The number of fused-ring (bicyclic) bond motifs is 3. The van der Waals surface area contributed by atoms with Crippen molar-refractivity contribution in [1.29, 1.82) is 0 Å². The molecule has 10 rings (SSSR count). The van der Waals surface area contributed by atoms with Gasteiger partial charge in [-0.15, -0.1) is 0 Å². The second kappa shape index (κ2) is 12.9. The predicted octanol–water partition coefficient (Wildman–Crippen LogP) is 13.7. The van der Waals surface area contributed by atoms with Gasteiger partial charge in [-0.3, -0.25) is 4.57 Å². The van der Waals surface area contributed by atoms with E-state index in [1.807, 2.05) is 0 Å². The lowest BCUT2D eigenvalue weighted by molar-refractivity contribution is 1.10. The van der Waals surface area contributed by atoms with E-state index in [1.54, 1.807) is 0 Å². The molecule has 0 saturated carbocycles. The van der Waals surface area contributed by atoms with Gasteiger partial charge < -0.3 is 0 Å². The summed E-state index contributed by atoms with van der Waals surface area (Å²) in [4.78, 5) is 5.10. The molecule has 0 N–H and O–H groups in total.